The zero-order valence-corrected chi connectivity index (χ0v) is 12.3. The Kier molecular flexibility index (Phi) is 3.27. The molecule has 0 N–H and O–H groups in total. The summed E-state index contributed by atoms with van der Waals surface area (Å²) in [7, 11) is 1.94. The number of nitrogens with zero attached hydrogens (tertiary/aromatic N) is 5. The van der Waals surface area contributed by atoms with Crippen LogP contribution in [0.4, 0.5) is 0 Å². The Balaban J connectivity index is 1.50. The van der Waals surface area contributed by atoms with Crippen molar-refractivity contribution in [2.24, 2.45) is 7.05 Å². The molecule has 7 heteroatoms. The number of rotatable bonds is 4. The third-order valence-electron chi connectivity index (χ3n) is 4.02. The Morgan fingerprint density at radius 2 is 2.36 bits per heavy atom. The highest BCUT2D eigenvalue weighted by Crippen LogP contribution is 2.32. The van der Waals surface area contributed by atoms with E-state index in [2.05, 4.69) is 26.3 Å². The molecule has 1 saturated heterocycles. The van der Waals surface area contributed by atoms with E-state index in [1.54, 1.807) is 6.26 Å². The van der Waals surface area contributed by atoms with Crippen molar-refractivity contribution in [3.8, 4) is 11.6 Å². The molecule has 0 unspecified atom stereocenters. The minimum absolute atomic E-state index is 0.368. The van der Waals surface area contributed by atoms with Crippen molar-refractivity contribution < 1.29 is 8.94 Å². The molecule has 1 atom stereocenters. The van der Waals surface area contributed by atoms with Crippen molar-refractivity contribution >= 4 is 0 Å². The van der Waals surface area contributed by atoms with Crippen molar-refractivity contribution in [1.82, 2.24) is 24.8 Å². The van der Waals surface area contributed by atoms with Crippen LogP contribution in [-0.2, 0) is 13.6 Å². The second-order valence-electron chi connectivity index (χ2n) is 5.56. The van der Waals surface area contributed by atoms with E-state index >= 15 is 0 Å². The third kappa shape index (κ3) is 2.43. The van der Waals surface area contributed by atoms with Crippen LogP contribution in [0.15, 0.2) is 39.7 Å². The molecular weight excluding hydrogens is 282 g/mol. The topological polar surface area (TPSA) is 73.1 Å². The van der Waals surface area contributed by atoms with Crippen LogP contribution in [0.1, 0.15) is 30.3 Å². The first-order valence-electron chi connectivity index (χ1n) is 7.38. The summed E-state index contributed by atoms with van der Waals surface area (Å²) in [5.41, 5.74) is 1.24. The molecule has 114 valence electrons. The van der Waals surface area contributed by atoms with Crippen LogP contribution in [0.3, 0.4) is 0 Å². The Morgan fingerprint density at radius 1 is 1.41 bits per heavy atom. The van der Waals surface area contributed by atoms with E-state index in [0.717, 1.165) is 13.0 Å². The predicted octanol–water partition coefficient (Wildman–Crippen LogP) is 2.40. The van der Waals surface area contributed by atoms with Gasteiger partial charge in [-0.2, -0.15) is 10.1 Å². The summed E-state index contributed by atoms with van der Waals surface area (Å²) in [6.07, 6.45) is 7.91. The molecule has 0 aliphatic carbocycles. The molecule has 0 amide bonds. The van der Waals surface area contributed by atoms with Crippen LogP contribution >= 0.6 is 0 Å². The van der Waals surface area contributed by atoms with E-state index in [1.165, 1.54) is 12.0 Å². The summed E-state index contributed by atoms with van der Waals surface area (Å²) < 4.78 is 12.5. The fraction of sp³-hybridized carbons (Fsp3) is 0.400. The molecule has 0 radical (unpaired) electrons. The zero-order valence-electron chi connectivity index (χ0n) is 12.3. The summed E-state index contributed by atoms with van der Waals surface area (Å²) in [5.74, 6) is 1.74. The van der Waals surface area contributed by atoms with Crippen molar-refractivity contribution in [3.05, 3.63) is 42.2 Å². The molecule has 22 heavy (non-hydrogen) atoms. The highest BCUT2D eigenvalue weighted by Gasteiger charge is 2.28. The summed E-state index contributed by atoms with van der Waals surface area (Å²) in [6.45, 7) is 1.67. The first-order chi connectivity index (χ1) is 10.8. The number of likely N-dealkylation sites (tertiary alicyclic amines) is 1. The van der Waals surface area contributed by atoms with Crippen LogP contribution in [0.5, 0.6) is 0 Å². The Labute approximate surface area is 127 Å². The second-order valence-corrected chi connectivity index (χ2v) is 5.56. The van der Waals surface area contributed by atoms with Gasteiger partial charge in [0.1, 0.15) is 0 Å². The predicted molar refractivity (Wildman–Crippen MR) is 77.6 cm³/mol. The van der Waals surface area contributed by atoms with Gasteiger partial charge in [0.15, 0.2) is 5.76 Å². The molecular formula is C15H17N5O2. The van der Waals surface area contributed by atoms with E-state index in [9.17, 15) is 0 Å². The lowest BCUT2D eigenvalue weighted by Crippen LogP contribution is -2.22. The van der Waals surface area contributed by atoms with Crippen LogP contribution in [0.25, 0.3) is 11.6 Å². The highest BCUT2D eigenvalue weighted by atomic mass is 16.5. The van der Waals surface area contributed by atoms with Crippen LogP contribution in [0, 0.1) is 0 Å². The molecule has 3 aromatic heterocycles. The standard InChI is InChI=1S/C15H17N5O2/c1-19-9-11(8-16-19)12-4-2-6-20(12)10-14-17-15(18-22-14)13-5-3-7-21-13/h3,5,7-9,12H,2,4,6,10H2,1H3/t12-/m0/s1. The number of furan rings is 1. The summed E-state index contributed by atoms with van der Waals surface area (Å²) >= 11 is 0. The molecule has 1 fully saturated rings. The molecule has 0 bridgehead atoms. The fourth-order valence-electron chi connectivity index (χ4n) is 3.00. The molecule has 4 heterocycles. The van der Waals surface area contributed by atoms with Gasteiger partial charge in [-0.1, -0.05) is 5.16 Å². The van der Waals surface area contributed by atoms with Gasteiger partial charge in [0.2, 0.25) is 11.7 Å². The van der Waals surface area contributed by atoms with E-state index in [4.69, 9.17) is 8.94 Å². The lowest BCUT2D eigenvalue weighted by Gasteiger charge is -2.21. The maximum Gasteiger partial charge on any atom is 0.241 e. The average molecular weight is 299 g/mol. The van der Waals surface area contributed by atoms with Crippen molar-refractivity contribution in [3.63, 3.8) is 0 Å². The molecule has 4 rings (SSSR count). The van der Waals surface area contributed by atoms with Crippen molar-refractivity contribution in [2.75, 3.05) is 6.54 Å². The van der Waals surface area contributed by atoms with Crippen LogP contribution in [-0.4, -0.2) is 31.4 Å². The van der Waals surface area contributed by atoms with E-state index in [-0.39, 0.29) is 0 Å². The molecule has 0 aromatic carbocycles. The van der Waals surface area contributed by atoms with E-state index < -0.39 is 0 Å². The van der Waals surface area contributed by atoms with E-state index in [1.807, 2.05) is 30.1 Å². The molecule has 0 saturated carbocycles. The highest BCUT2D eigenvalue weighted by molar-refractivity contribution is 5.44. The Hall–Kier alpha value is -2.41. The fourth-order valence-corrected chi connectivity index (χ4v) is 3.00. The molecule has 0 spiro atoms. The number of hydrogen-bond donors (Lipinski definition) is 0. The molecule has 3 aromatic rings. The van der Waals surface area contributed by atoms with Gasteiger partial charge in [-0.05, 0) is 31.5 Å². The monoisotopic (exact) mass is 299 g/mol. The van der Waals surface area contributed by atoms with Gasteiger partial charge in [-0.25, -0.2) is 0 Å². The summed E-state index contributed by atoms with van der Waals surface area (Å²) in [6, 6.07) is 4.00. The number of aryl methyl sites for hydroxylation is 1. The molecule has 1 aliphatic rings. The van der Waals surface area contributed by atoms with Crippen molar-refractivity contribution in [1.29, 1.82) is 0 Å². The minimum atomic E-state index is 0.368. The Morgan fingerprint density at radius 3 is 3.14 bits per heavy atom. The van der Waals surface area contributed by atoms with Crippen LogP contribution in [0.2, 0.25) is 0 Å². The van der Waals surface area contributed by atoms with E-state index in [0.29, 0.717) is 30.1 Å². The first-order valence-corrected chi connectivity index (χ1v) is 7.38. The van der Waals surface area contributed by atoms with Gasteiger partial charge in [0.05, 0.1) is 19.0 Å². The summed E-state index contributed by atoms with van der Waals surface area (Å²) in [4.78, 5) is 6.77. The normalized spacial score (nSPS) is 19.0. The first kappa shape index (κ1) is 13.3. The lowest BCUT2D eigenvalue weighted by atomic mass is 10.1. The van der Waals surface area contributed by atoms with Gasteiger partial charge < -0.3 is 8.94 Å². The smallest absolute Gasteiger partial charge is 0.241 e. The molecule has 1 aliphatic heterocycles. The maximum absolute atomic E-state index is 5.36. The second kappa shape index (κ2) is 5.42. The van der Waals surface area contributed by atoms with Gasteiger partial charge >= 0.3 is 0 Å². The third-order valence-corrected chi connectivity index (χ3v) is 4.02. The lowest BCUT2D eigenvalue weighted by molar-refractivity contribution is 0.212. The SMILES string of the molecule is Cn1cc([C@@H]2CCCN2Cc2nc(-c3ccco3)no2)cn1. The zero-order chi connectivity index (χ0) is 14.9. The average Bonchev–Trinajstić information content (AvgIpc) is 3.26. The van der Waals surface area contributed by atoms with Crippen molar-refractivity contribution in [2.45, 2.75) is 25.4 Å². The van der Waals surface area contributed by atoms with Gasteiger partial charge in [0, 0.05) is 24.8 Å². The quantitative estimate of drug-likeness (QED) is 0.736. The Bertz CT molecular complexity index is 746. The van der Waals surface area contributed by atoms with Gasteiger partial charge in [0.25, 0.3) is 0 Å². The van der Waals surface area contributed by atoms with Gasteiger partial charge in [-0.15, -0.1) is 0 Å². The maximum atomic E-state index is 5.36. The summed E-state index contributed by atoms with van der Waals surface area (Å²) in [5, 5.41) is 8.25. The van der Waals surface area contributed by atoms with Gasteiger partial charge in [-0.3, -0.25) is 9.58 Å². The van der Waals surface area contributed by atoms with Crippen LogP contribution < -0.4 is 0 Å². The molecule has 7 nitrogen and oxygen atoms in total. The minimum Gasteiger partial charge on any atom is -0.461 e. The number of aromatic nitrogens is 4. The number of hydrogen-bond acceptors (Lipinski definition) is 6. The largest absolute Gasteiger partial charge is 0.461 e.